The minimum atomic E-state index is -0.323. The molecule has 0 aliphatic heterocycles. The van der Waals surface area contributed by atoms with Gasteiger partial charge in [-0.3, -0.25) is 0 Å². The molecule has 3 aromatic rings. The van der Waals surface area contributed by atoms with E-state index in [2.05, 4.69) is 31.2 Å². The van der Waals surface area contributed by atoms with Crippen LogP contribution in [0.15, 0.2) is 78.9 Å². The molecule has 0 fully saturated rings. The summed E-state index contributed by atoms with van der Waals surface area (Å²) in [6.45, 7) is 4.05. The Labute approximate surface area is 149 Å². The molecule has 0 aliphatic rings. The Morgan fingerprint density at radius 3 is 1.88 bits per heavy atom. The number of hydrogen-bond donors (Lipinski definition) is 0. The molecule has 0 heterocycles. The van der Waals surface area contributed by atoms with Crippen molar-refractivity contribution < 1.29 is 9.53 Å². The molecule has 3 aromatic carbocycles. The predicted octanol–water partition coefficient (Wildman–Crippen LogP) is 5.81. The third kappa shape index (κ3) is 4.16. The fourth-order valence-corrected chi connectivity index (χ4v) is 2.67. The predicted molar refractivity (Wildman–Crippen MR) is 101 cm³/mol. The summed E-state index contributed by atoms with van der Waals surface area (Å²) in [7, 11) is 0. The fraction of sp³-hybridized carbons (Fsp3) is 0.130. The summed E-state index contributed by atoms with van der Waals surface area (Å²) in [4.78, 5) is 12.4. The maximum atomic E-state index is 12.4. The van der Waals surface area contributed by atoms with E-state index in [4.69, 9.17) is 4.74 Å². The van der Waals surface area contributed by atoms with Crippen LogP contribution in [0.25, 0.3) is 11.1 Å². The number of aryl methyl sites for hydroxylation is 1. The molecule has 0 amide bonds. The van der Waals surface area contributed by atoms with Gasteiger partial charge in [0.2, 0.25) is 0 Å². The third-order valence-electron chi connectivity index (χ3n) is 4.14. The molecule has 0 saturated heterocycles. The van der Waals surface area contributed by atoms with E-state index in [9.17, 15) is 4.79 Å². The van der Waals surface area contributed by atoms with Crippen LogP contribution in [0.4, 0.5) is 0 Å². The average Bonchev–Trinajstić information content (AvgIpc) is 2.67. The maximum absolute atomic E-state index is 12.4. The summed E-state index contributed by atoms with van der Waals surface area (Å²) >= 11 is 0. The Bertz CT molecular complexity index is 818. The van der Waals surface area contributed by atoms with Gasteiger partial charge in [0.25, 0.3) is 0 Å². The molecule has 0 N–H and O–H groups in total. The molecule has 125 valence electrons. The number of carbonyl (C=O) groups is 1. The van der Waals surface area contributed by atoms with Gasteiger partial charge in [-0.05, 0) is 42.2 Å². The molecule has 0 spiro atoms. The summed E-state index contributed by atoms with van der Waals surface area (Å²) in [6, 6.07) is 25.6. The summed E-state index contributed by atoms with van der Waals surface area (Å²) in [5.41, 5.74) is 4.94. The van der Waals surface area contributed by atoms with Crippen molar-refractivity contribution in [2.24, 2.45) is 0 Å². The van der Waals surface area contributed by atoms with Crippen LogP contribution >= 0.6 is 0 Å². The van der Waals surface area contributed by atoms with Gasteiger partial charge in [0.15, 0.2) is 6.10 Å². The van der Waals surface area contributed by atoms with Gasteiger partial charge in [-0.25, -0.2) is 4.79 Å². The lowest BCUT2D eigenvalue weighted by Crippen LogP contribution is -2.11. The third-order valence-corrected chi connectivity index (χ3v) is 4.14. The maximum Gasteiger partial charge on any atom is 0.339 e. The molecule has 0 saturated carbocycles. The molecule has 1 radical (unpaired) electrons. The molecule has 0 unspecified atom stereocenters. The molecule has 2 nitrogen and oxygen atoms in total. The van der Waals surface area contributed by atoms with E-state index in [1.165, 1.54) is 5.56 Å². The van der Waals surface area contributed by atoms with Crippen LogP contribution in [0.5, 0.6) is 0 Å². The Morgan fingerprint density at radius 1 is 0.760 bits per heavy atom. The van der Waals surface area contributed by atoms with Gasteiger partial charge in [0, 0.05) is 0 Å². The normalized spacial score (nSPS) is 10.7. The van der Waals surface area contributed by atoms with Crippen LogP contribution in [0.2, 0.25) is 0 Å². The Morgan fingerprint density at radius 2 is 1.32 bits per heavy atom. The summed E-state index contributed by atoms with van der Waals surface area (Å²) in [5.74, 6) is -0.323. The lowest BCUT2D eigenvalue weighted by atomic mass is 10.0. The topological polar surface area (TPSA) is 26.3 Å². The monoisotopic (exact) mass is 329 g/mol. The number of benzene rings is 3. The highest BCUT2D eigenvalue weighted by molar-refractivity contribution is 5.90. The van der Waals surface area contributed by atoms with Crippen molar-refractivity contribution >= 4 is 5.97 Å². The van der Waals surface area contributed by atoms with Gasteiger partial charge < -0.3 is 4.74 Å². The Balaban J connectivity index is 1.73. The molecule has 3 rings (SSSR count). The standard InChI is InChI=1S/C23H21O2/c1-3-22(20-7-5-4-6-8-20)25-23(24)21-15-13-19(14-16-21)18-11-9-17(2)10-12-18/h4-16H,3H2,1-2H3. The minimum absolute atomic E-state index is 0.323. The largest absolute Gasteiger partial charge is 0.446 e. The summed E-state index contributed by atoms with van der Waals surface area (Å²) in [6.07, 6.45) is 1.35. The van der Waals surface area contributed by atoms with Gasteiger partial charge in [-0.2, -0.15) is 0 Å². The summed E-state index contributed by atoms with van der Waals surface area (Å²) in [5, 5.41) is 0. The van der Waals surface area contributed by atoms with Crippen molar-refractivity contribution in [2.45, 2.75) is 20.3 Å². The van der Waals surface area contributed by atoms with Crippen molar-refractivity contribution in [3.63, 3.8) is 0 Å². The minimum Gasteiger partial charge on any atom is -0.446 e. The van der Waals surface area contributed by atoms with Crippen LogP contribution < -0.4 is 0 Å². The van der Waals surface area contributed by atoms with Crippen LogP contribution in [-0.2, 0) is 4.74 Å². The number of esters is 1. The van der Waals surface area contributed by atoms with E-state index in [0.717, 1.165) is 16.7 Å². The number of carbonyl (C=O) groups excluding carboxylic acids is 1. The van der Waals surface area contributed by atoms with Crippen molar-refractivity contribution in [3.05, 3.63) is 102 Å². The number of rotatable bonds is 5. The van der Waals surface area contributed by atoms with E-state index in [1.807, 2.05) is 61.5 Å². The van der Waals surface area contributed by atoms with E-state index in [0.29, 0.717) is 18.1 Å². The van der Waals surface area contributed by atoms with E-state index < -0.39 is 0 Å². The highest BCUT2D eigenvalue weighted by Gasteiger charge is 2.17. The van der Waals surface area contributed by atoms with Crippen molar-refractivity contribution in [1.82, 2.24) is 0 Å². The van der Waals surface area contributed by atoms with Crippen LogP contribution in [0.3, 0.4) is 0 Å². The molecule has 0 aliphatic carbocycles. The average molecular weight is 329 g/mol. The van der Waals surface area contributed by atoms with Gasteiger partial charge in [0.1, 0.15) is 0 Å². The van der Waals surface area contributed by atoms with Crippen LogP contribution in [-0.4, -0.2) is 5.97 Å². The van der Waals surface area contributed by atoms with E-state index in [-0.39, 0.29) is 5.97 Å². The second-order valence-corrected chi connectivity index (χ2v) is 5.98. The van der Waals surface area contributed by atoms with Gasteiger partial charge in [-0.1, -0.05) is 79.2 Å². The zero-order valence-electron chi connectivity index (χ0n) is 14.5. The first-order valence-corrected chi connectivity index (χ1v) is 8.48. The number of hydrogen-bond acceptors (Lipinski definition) is 2. The summed E-state index contributed by atoms with van der Waals surface area (Å²) < 4.78 is 5.61. The fourth-order valence-electron chi connectivity index (χ4n) is 2.67. The SMILES string of the molecule is CC[C](OC(=O)c1ccc(-c2ccc(C)cc2)cc1)c1ccccc1. The lowest BCUT2D eigenvalue weighted by molar-refractivity contribution is 0.0544. The second kappa shape index (κ2) is 7.80. The van der Waals surface area contributed by atoms with Crippen molar-refractivity contribution in [2.75, 3.05) is 0 Å². The van der Waals surface area contributed by atoms with Crippen LogP contribution in [0.1, 0.15) is 34.8 Å². The quantitative estimate of drug-likeness (QED) is 0.552. The Kier molecular flexibility index (Phi) is 5.30. The molecule has 0 atom stereocenters. The molecular weight excluding hydrogens is 308 g/mol. The molecular formula is C23H21O2. The lowest BCUT2D eigenvalue weighted by Gasteiger charge is -2.15. The van der Waals surface area contributed by atoms with E-state index in [1.54, 1.807) is 0 Å². The zero-order valence-corrected chi connectivity index (χ0v) is 14.5. The molecule has 25 heavy (non-hydrogen) atoms. The number of ether oxygens (including phenoxy) is 1. The molecule has 2 heteroatoms. The van der Waals surface area contributed by atoms with Gasteiger partial charge >= 0.3 is 5.97 Å². The first-order chi connectivity index (χ1) is 12.2. The second-order valence-electron chi connectivity index (χ2n) is 5.98. The molecule has 0 bridgehead atoms. The van der Waals surface area contributed by atoms with Gasteiger partial charge in [0.05, 0.1) is 5.56 Å². The zero-order chi connectivity index (χ0) is 17.6. The van der Waals surface area contributed by atoms with Crippen molar-refractivity contribution in [1.29, 1.82) is 0 Å². The first kappa shape index (κ1) is 17.0. The highest BCUT2D eigenvalue weighted by atomic mass is 16.5. The highest BCUT2D eigenvalue weighted by Crippen LogP contribution is 2.23. The first-order valence-electron chi connectivity index (χ1n) is 8.48. The van der Waals surface area contributed by atoms with Crippen LogP contribution in [0, 0.1) is 13.0 Å². The Hall–Kier alpha value is -2.87. The van der Waals surface area contributed by atoms with Crippen molar-refractivity contribution in [3.8, 4) is 11.1 Å². The smallest absolute Gasteiger partial charge is 0.339 e. The molecule has 0 aromatic heterocycles. The van der Waals surface area contributed by atoms with E-state index >= 15 is 0 Å². The van der Waals surface area contributed by atoms with Gasteiger partial charge in [-0.15, -0.1) is 0 Å².